The Balaban J connectivity index is 1.94. The normalized spacial score (nSPS) is 15.2. The number of hydrogen-bond donors (Lipinski definition) is 0. The lowest BCUT2D eigenvalue weighted by Gasteiger charge is -2.25. The van der Waals surface area contributed by atoms with Crippen molar-refractivity contribution in [2.75, 3.05) is 4.90 Å². The molecule has 3 rings (SSSR count). The highest BCUT2D eigenvalue weighted by Crippen LogP contribution is 2.34. The fraction of sp³-hybridized carbons (Fsp3) is 0.500. The van der Waals surface area contributed by atoms with Crippen molar-refractivity contribution in [3.8, 4) is 0 Å². The lowest BCUT2D eigenvalue weighted by Crippen LogP contribution is -2.27. The summed E-state index contributed by atoms with van der Waals surface area (Å²) in [4.78, 5) is 11.4. The molecule has 0 N–H and O–H groups in total. The summed E-state index contributed by atoms with van der Waals surface area (Å²) in [6.07, 6.45) is 4.08. The number of anilines is 1. The molecule has 0 aromatic carbocycles. The third-order valence-electron chi connectivity index (χ3n) is 3.54. The summed E-state index contributed by atoms with van der Waals surface area (Å²) in [6.45, 7) is 7.00. The SMILES string of the molecule is CC(C)(C)c1nc(Cl)cc(N(Cc2ccco2)C2CC2)n1. The molecule has 1 aliphatic carbocycles. The van der Waals surface area contributed by atoms with E-state index in [0.29, 0.717) is 17.7 Å². The van der Waals surface area contributed by atoms with E-state index in [9.17, 15) is 0 Å². The molecule has 0 aliphatic heterocycles. The molecule has 1 aliphatic rings. The van der Waals surface area contributed by atoms with Crippen molar-refractivity contribution in [2.45, 2.75) is 51.6 Å². The van der Waals surface area contributed by atoms with E-state index in [1.807, 2.05) is 18.2 Å². The molecule has 2 aromatic heterocycles. The summed E-state index contributed by atoms with van der Waals surface area (Å²) < 4.78 is 5.47. The second kappa shape index (κ2) is 5.34. The number of rotatable bonds is 4. The summed E-state index contributed by atoms with van der Waals surface area (Å²) >= 11 is 6.21. The Bertz CT molecular complexity index is 615. The number of nitrogens with zero attached hydrogens (tertiary/aromatic N) is 3. The molecule has 0 atom stereocenters. The quantitative estimate of drug-likeness (QED) is 0.794. The fourth-order valence-corrected chi connectivity index (χ4v) is 2.42. The first-order chi connectivity index (χ1) is 9.93. The highest BCUT2D eigenvalue weighted by molar-refractivity contribution is 6.29. The summed E-state index contributed by atoms with van der Waals surface area (Å²) in [5, 5.41) is 0.495. The highest BCUT2D eigenvalue weighted by atomic mass is 35.5. The van der Waals surface area contributed by atoms with Gasteiger partial charge in [0.2, 0.25) is 0 Å². The average Bonchev–Trinajstić information content (AvgIpc) is 3.11. The van der Waals surface area contributed by atoms with Crippen LogP contribution in [0.25, 0.3) is 0 Å². The van der Waals surface area contributed by atoms with Gasteiger partial charge < -0.3 is 9.32 Å². The maximum absolute atomic E-state index is 6.21. The zero-order chi connectivity index (χ0) is 15.0. The Kier molecular flexibility index (Phi) is 3.66. The Hall–Kier alpha value is -1.55. The van der Waals surface area contributed by atoms with Crippen LogP contribution in [-0.2, 0) is 12.0 Å². The van der Waals surface area contributed by atoms with Crippen LogP contribution in [0.1, 0.15) is 45.2 Å². The molecule has 112 valence electrons. The predicted octanol–water partition coefficient (Wildman–Crippen LogP) is 4.19. The highest BCUT2D eigenvalue weighted by Gasteiger charge is 2.32. The largest absolute Gasteiger partial charge is 0.467 e. The van der Waals surface area contributed by atoms with Gasteiger partial charge in [-0.1, -0.05) is 32.4 Å². The Morgan fingerprint density at radius 1 is 1.33 bits per heavy atom. The van der Waals surface area contributed by atoms with E-state index < -0.39 is 0 Å². The van der Waals surface area contributed by atoms with Crippen LogP contribution < -0.4 is 4.90 Å². The van der Waals surface area contributed by atoms with Crippen molar-refractivity contribution >= 4 is 17.4 Å². The van der Waals surface area contributed by atoms with Crippen molar-refractivity contribution < 1.29 is 4.42 Å². The van der Waals surface area contributed by atoms with Gasteiger partial charge in [0.05, 0.1) is 12.8 Å². The Labute approximate surface area is 130 Å². The van der Waals surface area contributed by atoms with Gasteiger partial charge in [0.15, 0.2) is 0 Å². The molecule has 1 saturated carbocycles. The summed E-state index contributed by atoms with van der Waals surface area (Å²) in [6, 6.07) is 6.27. The van der Waals surface area contributed by atoms with E-state index in [1.165, 1.54) is 12.8 Å². The zero-order valence-corrected chi connectivity index (χ0v) is 13.4. The van der Waals surface area contributed by atoms with E-state index in [4.69, 9.17) is 21.0 Å². The molecule has 4 nitrogen and oxygen atoms in total. The molecule has 0 amide bonds. The number of halogens is 1. The van der Waals surface area contributed by atoms with Gasteiger partial charge in [-0.25, -0.2) is 9.97 Å². The van der Waals surface area contributed by atoms with Crippen LogP contribution in [0.3, 0.4) is 0 Å². The zero-order valence-electron chi connectivity index (χ0n) is 12.6. The lowest BCUT2D eigenvalue weighted by atomic mass is 9.96. The number of hydrogen-bond acceptors (Lipinski definition) is 4. The van der Waals surface area contributed by atoms with E-state index in [2.05, 4.69) is 30.7 Å². The lowest BCUT2D eigenvalue weighted by molar-refractivity contribution is 0.498. The third kappa shape index (κ3) is 3.38. The molecule has 0 radical (unpaired) electrons. The summed E-state index contributed by atoms with van der Waals surface area (Å²) in [5.41, 5.74) is -0.125. The molecule has 0 spiro atoms. The van der Waals surface area contributed by atoms with E-state index in [0.717, 1.165) is 17.4 Å². The van der Waals surface area contributed by atoms with Crippen molar-refractivity contribution in [1.82, 2.24) is 9.97 Å². The van der Waals surface area contributed by atoms with E-state index in [-0.39, 0.29) is 5.41 Å². The predicted molar refractivity (Wildman–Crippen MR) is 83.7 cm³/mol. The monoisotopic (exact) mass is 305 g/mol. The first-order valence-electron chi connectivity index (χ1n) is 7.27. The van der Waals surface area contributed by atoms with E-state index in [1.54, 1.807) is 6.26 Å². The molecule has 1 fully saturated rings. The average molecular weight is 306 g/mol. The first kappa shape index (κ1) is 14.4. The Morgan fingerprint density at radius 3 is 2.67 bits per heavy atom. The van der Waals surface area contributed by atoms with Gasteiger partial charge in [-0.3, -0.25) is 0 Å². The molecule has 21 heavy (non-hydrogen) atoms. The third-order valence-corrected chi connectivity index (χ3v) is 3.73. The second-order valence-corrected chi connectivity index (χ2v) is 6.95. The van der Waals surface area contributed by atoms with Crippen molar-refractivity contribution in [1.29, 1.82) is 0 Å². The minimum atomic E-state index is -0.125. The first-order valence-corrected chi connectivity index (χ1v) is 7.65. The van der Waals surface area contributed by atoms with Crippen LogP contribution in [0, 0.1) is 0 Å². The molecule has 0 bridgehead atoms. The number of aromatic nitrogens is 2. The van der Waals surface area contributed by atoms with Gasteiger partial charge >= 0.3 is 0 Å². The maximum atomic E-state index is 6.21. The van der Waals surface area contributed by atoms with Crippen LogP contribution in [0.15, 0.2) is 28.9 Å². The van der Waals surface area contributed by atoms with Crippen molar-refractivity contribution in [3.63, 3.8) is 0 Å². The molecular weight excluding hydrogens is 286 g/mol. The van der Waals surface area contributed by atoms with Crippen LogP contribution in [0.4, 0.5) is 5.82 Å². The topological polar surface area (TPSA) is 42.2 Å². The molecular formula is C16H20ClN3O. The second-order valence-electron chi connectivity index (χ2n) is 6.56. The minimum absolute atomic E-state index is 0.125. The van der Waals surface area contributed by atoms with Gasteiger partial charge in [-0.05, 0) is 25.0 Å². The van der Waals surface area contributed by atoms with Crippen molar-refractivity contribution in [2.24, 2.45) is 0 Å². The number of furan rings is 1. The van der Waals surface area contributed by atoms with Crippen LogP contribution in [0.5, 0.6) is 0 Å². The molecule has 0 unspecified atom stereocenters. The molecule has 5 heteroatoms. The Morgan fingerprint density at radius 2 is 2.10 bits per heavy atom. The molecule has 2 aromatic rings. The fourth-order valence-electron chi connectivity index (χ4n) is 2.24. The summed E-state index contributed by atoms with van der Waals surface area (Å²) in [7, 11) is 0. The molecule has 0 saturated heterocycles. The molecule has 2 heterocycles. The van der Waals surface area contributed by atoms with E-state index >= 15 is 0 Å². The van der Waals surface area contributed by atoms with Gasteiger partial charge in [-0.15, -0.1) is 0 Å². The smallest absolute Gasteiger partial charge is 0.137 e. The maximum Gasteiger partial charge on any atom is 0.137 e. The van der Waals surface area contributed by atoms with Crippen LogP contribution >= 0.6 is 11.6 Å². The minimum Gasteiger partial charge on any atom is -0.467 e. The van der Waals surface area contributed by atoms with Crippen LogP contribution in [-0.4, -0.2) is 16.0 Å². The van der Waals surface area contributed by atoms with Crippen molar-refractivity contribution in [3.05, 3.63) is 41.2 Å². The van der Waals surface area contributed by atoms with Gasteiger partial charge in [0, 0.05) is 17.5 Å². The van der Waals surface area contributed by atoms with Crippen LogP contribution in [0.2, 0.25) is 5.15 Å². The summed E-state index contributed by atoms with van der Waals surface area (Å²) in [5.74, 6) is 2.60. The van der Waals surface area contributed by atoms with Gasteiger partial charge in [0.1, 0.15) is 22.6 Å². The van der Waals surface area contributed by atoms with Gasteiger partial charge in [0.25, 0.3) is 0 Å². The standard InChI is InChI=1S/C16H20ClN3O/c1-16(2,3)15-18-13(17)9-14(19-15)20(11-6-7-11)10-12-5-4-8-21-12/h4-5,8-9,11H,6-7,10H2,1-3H3. The van der Waals surface area contributed by atoms with Gasteiger partial charge in [-0.2, -0.15) is 0 Å².